The second-order valence-corrected chi connectivity index (χ2v) is 5.68. The number of hydrogen-bond acceptors (Lipinski definition) is 3. The van der Waals surface area contributed by atoms with Crippen molar-refractivity contribution in [3.63, 3.8) is 0 Å². The first kappa shape index (κ1) is 16.5. The number of anilines is 1. The number of para-hydroxylation sites is 1. The number of ether oxygens (including phenoxy) is 1. The molecule has 3 nitrogen and oxygen atoms in total. The van der Waals surface area contributed by atoms with E-state index in [2.05, 4.69) is 26.0 Å². The molecule has 0 heterocycles. The van der Waals surface area contributed by atoms with E-state index in [4.69, 9.17) is 0 Å². The van der Waals surface area contributed by atoms with Gasteiger partial charge in [0.15, 0.2) is 0 Å². The van der Waals surface area contributed by atoms with E-state index in [0.717, 1.165) is 21.3 Å². The maximum atomic E-state index is 12.9. The van der Waals surface area contributed by atoms with Gasteiger partial charge in [0, 0.05) is 17.4 Å². The summed E-state index contributed by atoms with van der Waals surface area (Å²) in [4.78, 5) is 11.3. The molecule has 1 N–H and O–H groups in total. The Labute approximate surface area is 137 Å². The summed E-state index contributed by atoms with van der Waals surface area (Å²) in [5.41, 5.74) is 2.95. The minimum Gasteiger partial charge on any atom is -0.469 e. The van der Waals surface area contributed by atoms with Crippen LogP contribution in [0.5, 0.6) is 0 Å². The minimum atomic E-state index is -0.247. The van der Waals surface area contributed by atoms with Gasteiger partial charge < -0.3 is 10.1 Å². The highest BCUT2D eigenvalue weighted by molar-refractivity contribution is 9.10. The third-order valence-corrected chi connectivity index (χ3v) is 3.97. The molecule has 0 saturated heterocycles. The molecule has 5 heteroatoms. The Morgan fingerprint density at radius 2 is 1.95 bits per heavy atom. The van der Waals surface area contributed by atoms with Crippen LogP contribution in [0.2, 0.25) is 0 Å². The zero-order valence-electron chi connectivity index (χ0n) is 12.2. The summed E-state index contributed by atoms with van der Waals surface area (Å²) in [6, 6.07) is 12.2. The van der Waals surface area contributed by atoms with Crippen LogP contribution in [-0.2, 0) is 22.5 Å². The third-order valence-electron chi connectivity index (χ3n) is 3.31. The Kier molecular flexibility index (Phi) is 5.95. The molecule has 0 saturated carbocycles. The summed E-state index contributed by atoms with van der Waals surface area (Å²) < 4.78 is 18.5. The van der Waals surface area contributed by atoms with Crippen LogP contribution in [0.25, 0.3) is 0 Å². The van der Waals surface area contributed by atoms with Crippen molar-refractivity contribution in [2.75, 3.05) is 12.4 Å². The third kappa shape index (κ3) is 4.56. The lowest BCUT2D eigenvalue weighted by Gasteiger charge is -2.14. The number of esters is 1. The topological polar surface area (TPSA) is 38.3 Å². The number of benzene rings is 2. The second-order valence-electron chi connectivity index (χ2n) is 4.83. The number of hydrogen-bond donors (Lipinski definition) is 1. The summed E-state index contributed by atoms with van der Waals surface area (Å²) >= 11 is 3.52. The highest BCUT2D eigenvalue weighted by Crippen LogP contribution is 2.28. The summed E-state index contributed by atoms with van der Waals surface area (Å²) in [5.74, 6) is -0.479. The maximum absolute atomic E-state index is 12.9. The summed E-state index contributed by atoms with van der Waals surface area (Å²) in [5, 5.41) is 3.34. The molecule has 0 aliphatic heterocycles. The van der Waals surface area contributed by atoms with E-state index >= 15 is 0 Å². The summed E-state index contributed by atoms with van der Waals surface area (Å²) in [6.07, 6.45) is 0.927. The average molecular weight is 366 g/mol. The Balaban J connectivity index is 2.08. The van der Waals surface area contributed by atoms with Crippen LogP contribution in [0.4, 0.5) is 10.1 Å². The SMILES string of the molecule is COC(=O)CCc1cccc(Br)c1NCc1ccc(F)cc1. The van der Waals surface area contributed by atoms with Crippen molar-refractivity contribution >= 4 is 27.6 Å². The van der Waals surface area contributed by atoms with Crippen LogP contribution in [-0.4, -0.2) is 13.1 Å². The predicted molar refractivity (Wildman–Crippen MR) is 88.2 cm³/mol. The van der Waals surface area contributed by atoms with Gasteiger partial charge in [-0.3, -0.25) is 4.79 Å². The molecule has 0 bridgehead atoms. The van der Waals surface area contributed by atoms with E-state index in [1.807, 2.05) is 18.2 Å². The molecule has 0 spiro atoms. The molecule has 0 amide bonds. The number of nitrogens with one attached hydrogen (secondary N) is 1. The van der Waals surface area contributed by atoms with Crippen LogP contribution in [0.1, 0.15) is 17.5 Å². The molecule has 0 radical (unpaired) electrons. The van der Waals surface area contributed by atoms with Gasteiger partial charge in [-0.1, -0.05) is 24.3 Å². The summed E-state index contributed by atoms with van der Waals surface area (Å²) in [7, 11) is 1.39. The van der Waals surface area contributed by atoms with Crippen molar-refractivity contribution in [2.45, 2.75) is 19.4 Å². The lowest BCUT2D eigenvalue weighted by atomic mass is 10.1. The van der Waals surface area contributed by atoms with Crippen molar-refractivity contribution < 1.29 is 13.9 Å². The van der Waals surface area contributed by atoms with Gasteiger partial charge in [-0.2, -0.15) is 0 Å². The first-order chi connectivity index (χ1) is 10.6. The molecular weight excluding hydrogens is 349 g/mol. The summed E-state index contributed by atoms with van der Waals surface area (Å²) in [6.45, 7) is 0.577. The van der Waals surface area contributed by atoms with Gasteiger partial charge in [0.25, 0.3) is 0 Å². The molecule has 2 rings (SSSR count). The molecule has 0 fully saturated rings. The smallest absolute Gasteiger partial charge is 0.305 e. The van der Waals surface area contributed by atoms with Crippen molar-refractivity contribution in [1.82, 2.24) is 0 Å². The fourth-order valence-electron chi connectivity index (χ4n) is 2.11. The molecule has 0 aromatic heterocycles. The number of halogens is 2. The van der Waals surface area contributed by atoms with Gasteiger partial charge >= 0.3 is 5.97 Å². The zero-order chi connectivity index (χ0) is 15.9. The van der Waals surface area contributed by atoms with Crippen molar-refractivity contribution in [1.29, 1.82) is 0 Å². The maximum Gasteiger partial charge on any atom is 0.305 e. The molecule has 0 unspecified atom stereocenters. The minimum absolute atomic E-state index is 0.232. The van der Waals surface area contributed by atoms with E-state index in [-0.39, 0.29) is 11.8 Å². The molecule has 116 valence electrons. The Morgan fingerprint density at radius 3 is 2.64 bits per heavy atom. The number of carbonyl (C=O) groups excluding carboxylic acids is 1. The number of rotatable bonds is 6. The van der Waals surface area contributed by atoms with Crippen molar-refractivity contribution in [3.8, 4) is 0 Å². The molecular formula is C17H17BrFNO2. The van der Waals surface area contributed by atoms with E-state index in [9.17, 15) is 9.18 Å². The van der Waals surface area contributed by atoms with Crippen molar-refractivity contribution in [3.05, 3.63) is 63.9 Å². The first-order valence-electron chi connectivity index (χ1n) is 6.92. The van der Waals surface area contributed by atoms with Crippen molar-refractivity contribution in [2.24, 2.45) is 0 Å². The van der Waals surface area contributed by atoms with Crippen LogP contribution < -0.4 is 5.32 Å². The lowest BCUT2D eigenvalue weighted by Crippen LogP contribution is -2.06. The standard InChI is InChI=1S/C17H17BrFNO2/c1-22-16(21)10-7-13-3-2-4-15(18)17(13)20-11-12-5-8-14(19)9-6-12/h2-6,8-9,20H,7,10-11H2,1H3. The van der Waals surface area contributed by atoms with E-state index < -0.39 is 0 Å². The highest BCUT2D eigenvalue weighted by Gasteiger charge is 2.09. The van der Waals surface area contributed by atoms with Gasteiger partial charge in [-0.25, -0.2) is 4.39 Å². The lowest BCUT2D eigenvalue weighted by molar-refractivity contribution is -0.140. The number of methoxy groups -OCH3 is 1. The zero-order valence-corrected chi connectivity index (χ0v) is 13.8. The Hall–Kier alpha value is -1.88. The number of carbonyl (C=O) groups is 1. The van der Waals surface area contributed by atoms with E-state index in [1.54, 1.807) is 12.1 Å². The quantitative estimate of drug-likeness (QED) is 0.775. The van der Waals surface area contributed by atoms with Crippen LogP contribution in [0.15, 0.2) is 46.9 Å². The van der Waals surface area contributed by atoms with Gasteiger partial charge in [0.05, 0.1) is 12.8 Å². The molecule has 2 aromatic carbocycles. The monoisotopic (exact) mass is 365 g/mol. The van der Waals surface area contributed by atoms with Crippen LogP contribution >= 0.6 is 15.9 Å². The number of aryl methyl sites for hydroxylation is 1. The molecule has 2 aromatic rings. The Bertz CT molecular complexity index is 644. The van der Waals surface area contributed by atoms with Gasteiger partial charge in [0.2, 0.25) is 0 Å². The van der Waals surface area contributed by atoms with Crippen LogP contribution in [0, 0.1) is 5.82 Å². The van der Waals surface area contributed by atoms with Gasteiger partial charge in [-0.15, -0.1) is 0 Å². The highest BCUT2D eigenvalue weighted by atomic mass is 79.9. The molecule has 0 atom stereocenters. The fourth-order valence-corrected chi connectivity index (χ4v) is 2.65. The first-order valence-corrected chi connectivity index (χ1v) is 7.72. The Morgan fingerprint density at radius 1 is 1.23 bits per heavy atom. The molecule has 0 aliphatic rings. The fraction of sp³-hybridized carbons (Fsp3) is 0.235. The van der Waals surface area contributed by atoms with Crippen LogP contribution in [0.3, 0.4) is 0 Å². The normalized spacial score (nSPS) is 10.3. The van der Waals surface area contributed by atoms with Gasteiger partial charge in [-0.05, 0) is 51.7 Å². The van der Waals surface area contributed by atoms with E-state index in [0.29, 0.717) is 19.4 Å². The second kappa shape index (κ2) is 7.94. The molecule has 0 aliphatic carbocycles. The van der Waals surface area contributed by atoms with E-state index in [1.165, 1.54) is 19.2 Å². The largest absolute Gasteiger partial charge is 0.469 e. The van der Waals surface area contributed by atoms with Gasteiger partial charge in [0.1, 0.15) is 5.82 Å². The predicted octanol–water partition coefficient (Wildman–Crippen LogP) is 4.31. The average Bonchev–Trinajstić information content (AvgIpc) is 2.53. The molecule has 22 heavy (non-hydrogen) atoms.